The van der Waals surface area contributed by atoms with Crippen molar-refractivity contribution in [2.75, 3.05) is 12.4 Å². The van der Waals surface area contributed by atoms with Crippen molar-refractivity contribution < 1.29 is 14.3 Å². The number of methoxy groups -OCH3 is 1. The molecule has 0 unspecified atom stereocenters. The molecular formula is C20H17ClN4O3. The van der Waals surface area contributed by atoms with Gasteiger partial charge in [0.1, 0.15) is 17.8 Å². The molecule has 3 rings (SSSR count). The van der Waals surface area contributed by atoms with Gasteiger partial charge in [0.15, 0.2) is 0 Å². The number of aromatic nitrogens is 2. The summed E-state index contributed by atoms with van der Waals surface area (Å²) >= 11 is 5.85. The van der Waals surface area contributed by atoms with Gasteiger partial charge in [-0.2, -0.15) is 0 Å². The molecule has 0 saturated heterocycles. The van der Waals surface area contributed by atoms with Crippen molar-refractivity contribution in [3.63, 3.8) is 0 Å². The molecule has 0 aliphatic rings. The van der Waals surface area contributed by atoms with E-state index in [1.54, 1.807) is 36.4 Å². The Morgan fingerprint density at radius 2 is 1.82 bits per heavy atom. The average molecular weight is 397 g/mol. The van der Waals surface area contributed by atoms with Crippen molar-refractivity contribution in [1.29, 1.82) is 0 Å². The van der Waals surface area contributed by atoms with E-state index in [0.29, 0.717) is 28.6 Å². The van der Waals surface area contributed by atoms with Crippen molar-refractivity contribution in [3.8, 4) is 0 Å². The lowest BCUT2D eigenvalue weighted by atomic mass is 10.2. The summed E-state index contributed by atoms with van der Waals surface area (Å²) in [5.41, 5.74) is 1.98. The Morgan fingerprint density at radius 1 is 1.07 bits per heavy atom. The summed E-state index contributed by atoms with van der Waals surface area (Å²) in [5.74, 6) is -0.442. The molecule has 142 valence electrons. The number of esters is 1. The minimum Gasteiger partial charge on any atom is -0.465 e. The van der Waals surface area contributed by atoms with Gasteiger partial charge in [0.05, 0.1) is 18.4 Å². The predicted molar refractivity (Wildman–Crippen MR) is 106 cm³/mol. The van der Waals surface area contributed by atoms with E-state index < -0.39 is 5.97 Å². The molecule has 8 heteroatoms. The van der Waals surface area contributed by atoms with E-state index >= 15 is 0 Å². The van der Waals surface area contributed by atoms with E-state index in [2.05, 4.69) is 20.6 Å². The lowest BCUT2D eigenvalue weighted by molar-refractivity contribution is 0.0601. The van der Waals surface area contributed by atoms with Crippen LogP contribution in [0.4, 0.5) is 11.5 Å². The summed E-state index contributed by atoms with van der Waals surface area (Å²) in [6, 6.07) is 15.5. The summed E-state index contributed by atoms with van der Waals surface area (Å²) in [6.07, 6.45) is 1.28. The standard InChI is InChI=1S/C20H17ClN4O3/c1-28-20(27)15-4-2-3-5-16(15)25-18-10-17(23-12-24-18)19(26)22-11-13-6-8-14(21)9-7-13/h2-10,12H,11H2,1H3,(H,22,26)(H,23,24,25). The van der Waals surface area contributed by atoms with Crippen LogP contribution in [0.1, 0.15) is 26.4 Å². The van der Waals surface area contributed by atoms with E-state index in [1.165, 1.54) is 19.5 Å². The molecule has 0 bridgehead atoms. The lowest BCUT2D eigenvalue weighted by Gasteiger charge is -2.10. The van der Waals surface area contributed by atoms with Crippen molar-refractivity contribution in [1.82, 2.24) is 15.3 Å². The molecule has 1 amide bonds. The van der Waals surface area contributed by atoms with Gasteiger partial charge in [-0.05, 0) is 29.8 Å². The first kappa shape index (κ1) is 19.3. The molecule has 0 aliphatic heterocycles. The molecule has 0 saturated carbocycles. The van der Waals surface area contributed by atoms with Crippen LogP contribution in [0.25, 0.3) is 0 Å². The van der Waals surface area contributed by atoms with Crippen LogP contribution in [0.5, 0.6) is 0 Å². The van der Waals surface area contributed by atoms with Gasteiger partial charge in [-0.3, -0.25) is 4.79 Å². The molecular weight excluding hydrogens is 380 g/mol. The van der Waals surface area contributed by atoms with Crippen LogP contribution < -0.4 is 10.6 Å². The van der Waals surface area contributed by atoms with Crippen LogP contribution in [0.15, 0.2) is 60.9 Å². The largest absolute Gasteiger partial charge is 0.465 e. The Bertz CT molecular complexity index is 993. The van der Waals surface area contributed by atoms with Gasteiger partial charge in [-0.1, -0.05) is 35.9 Å². The first-order valence-electron chi connectivity index (χ1n) is 8.36. The van der Waals surface area contributed by atoms with Crippen LogP contribution in [-0.4, -0.2) is 29.0 Å². The highest BCUT2D eigenvalue weighted by Crippen LogP contribution is 2.20. The van der Waals surface area contributed by atoms with Gasteiger partial charge >= 0.3 is 5.97 Å². The molecule has 7 nitrogen and oxygen atoms in total. The number of hydrogen-bond donors (Lipinski definition) is 2. The van der Waals surface area contributed by atoms with Crippen LogP contribution in [-0.2, 0) is 11.3 Å². The van der Waals surface area contributed by atoms with E-state index in [4.69, 9.17) is 16.3 Å². The van der Waals surface area contributed by atoms with Crippen molar-refractivity contribution in [2.24, 2.45) is 0 Å². The first-order valence-corrected chi connectivity index (χ1v) is 8.73. The fourth-order valence-corrected chi connectivity index (χ4v) is 2.57. The number of benzene rings is 2. The predicted octanol–water partition coefficient (Wildman–Crippen LogP) is 3.59. The summed E-state index contributed by atoms with van der Waals surface area (Å²) in [5, 5.41) is 6.44. The quantitative estimate of drug-likeness (QED) is 0.618. The Hall–Kier alpha value is -3.45. The zero-order valence-electron chi connectivity index (χ0n) is 15.0. The van der Waals surface area contributed by atoms with Gasteiger partial charge in [0, 0.05) is 17.6 Å². The van der Waals surface area contributed by atoms with E-state index in [9.17, 15) is 9.59 Å². The van der Waals surface area contributed by atoms with E-state index in [1.807, 2.05) is 12.1 Å². The number of rotatable bonds is 6. The molecule has 0 fully saturated rings. The smallest absolute Gasteiger partial charge is 0.339 e. The SMILES string of the molecule is COC(=O)c1ccccc1Nc1cc(C(=O)NCc2ccc(Cl)cc2)ncn1. The molecule has 0 atom stereocenters. The topological polar surface area (TPSA) is 93.2 Å². The minimum absolute atomic E-state index is 0.196. The first-order chi connectivity index (χ1) is 13.6. The Morgan fingerprint density at radius 3 is 2.57 bits per heavy atom. The van der Waals surface area contributed by atoms with Crippen LogP contribution in [0.2, 0.25) is 5.02 Å². The number of anilines is 2. The van der Waals surface area contributed by atoms with Crippen molar-refractivity contribution >= 4 is 35.0 Å². The lowest BCUT2D eigenvalue weighted by Crippen LogP contribution is -2.24. The molecule has 28 heavy (non-hydrogen) atoms. The molecule has 0 spiro atoms. The summed E-state index contributed by atoms with van der Waals surface area (Å²) in [4.78, 5) is 32.4. The van der Waals surface area contributed by atoms with Gasteiger partial charge in [-0.25, -0.2) is 14.8 Å². The average Bonchev–Trinajstić information content (AvgIpc) is 2.73. The highest BCUT2D eigenvalue weighted by molar-refractivity contribution is 6.30. The number of carbonyl (C=O) groups excluding carboxylic acids is 2. The molecule has 1 heterocycles. The maximum absolute atomic E-state index is 12.4. The third-order valence-electron chi connectivity index (χ3n) is 3.86. The second-order valence-electron chi connectivity index (χ2n) is 5.76. The number of nitrogens with one attached hydrogen (secondary N) is 2. The number of carbonyl (C=O) groups is 2. The second kappa shape index (κ2) is 8.96. The number of halogens is 1. The van der Waals surface area contributed by atoms with Crippen molar-refractivity contribution in [2.45, 2.75) is 6.54 Å². The number of hydrogen-bond acceptors (Lipinski definition) is 6. The van der Waals surface area contributed by atoms with Gasteiger partial charge in [0.2, 0.25) is 0 Å². The Labute approximate surface area is 166 Å². The molecule has 2 aromatic carbocycles. The maximum Gasteiger partial charge on any atom is 0.339 e. The number of para-hydroxylation sites is 1. The monoisotopic (exact) mass is 396 g/mol. The Balaban J connectivity index is 1.71. The summed E-state index contributed by atoms with van der Waals surface area (Å²) < 4.78 is 4.77. The van der Waals surface area contributed by atoms with Crippen LogP contribution in [0, 0.1) is 0 Å². The van der Waals surface area contributed by atoms with E-state index in [0.717, 1.165) is 5.56 Å². The maximum atomic E-state index is 12.4. The Kier molecular flexibility index (Phi) is 6.18. The highest BCUT2D eigenvalue weighted by Gasteiger charge is 2.13. The second-order valence-corrected chi connectivity index (χ2v) is 6.20. The summed E-state index contributed by atoms with van der Waals surface area (Å²) in [6.45, 7) is 0.341. The van der Waals surface area contributed by atoms with Gasteiger partial charge in [0.25, 0.3) is 5.91 Å². The minimum atomic E-state index is -0.474. The van der Waals surface area contributed by atoms with Crippen molar-refractivity contribution in [3.05, 3.63) is 82.8 Å². The van der Waals surface area contributed by atoms with Crippen LogP contribution >= 0.6 is 11.6 Å². The fourth-order valence-electron chi connectivity index (χ4n) is 2.44. The third-order valence-corrected chi connectivity index (χ3v) is 4.11. The number of amides is 1. The van der Waals surface area contributed by atoms with Gasteiger partial charge in [-0.15, -0.1) is 0 Å². The molecule has 3 aromatic rings. The zero-order chi connectivity index (χ0) is 19.9. The fraction of sp³-hybridized carbons (Fsp3) is 0.100. The summed E-state index contributed by atoms with van der Waals surface area (Å²) in [7, 11) is 1.31. The zero-order valence-corrected chi connectivity index (χ0v) is 15.7. The normalized spacial score (nSPS) is 10.2. The van der Waals surface area contributed by atoms with Gasteiger partial charge < -0.3 is 15.4 Å². The third kappa shape index (κ3) is 4.83. The molecule has 2 N–H and O–H groups in total. The molecule has 0 radical (unpaired) electrons. The molecule has 1 aromatic heterocycles. The van der Waals surface area contributed by atoms with Crippen LogP contribution in [0.3, 0.4) is 0 Å². The molecule has 0 aliphatic carbocycles. The number of ether oxygens (including phenoxy) is 1. The van der Waals surface area contributed by atoms with E-state index in [-0.39, 0.29) is 11.6 Å². The number of nitrogens with zero attached hydrogens (tertiary/aromatic N) is 2. The highest BCUT2D eigenvalue weighted by atomic mass is 35.5.